The van der Waals surface area contributed by atoms with Crippen molar-refractivity contribution in [3.05, 3.63) is 30.3 Å². The number of aliphatic imine (C=N–C) groups is 1. The van der Waals surface area contributed by atoms with E-state index in [1.165, 1.54) is 0 Å². The third-order valence-electron chi connectivity index (χ3n) is 1.38. The van der Waals surface area contributed by atoms with E-state index in [9.17, 15) is 4.79 Å². The predicted molar refractivity (Wildman–Crippen MR) is 49.9 cm³/mol. The van der Waals surface area contributed by atoms with Crippen LogP contribution in [0.3, 0.4) is 0 Å². The number of carbonyl (C=O) groups excluding carboxylic acids is 1. The number of carbonyl (C=O) groups is 1. The molecule has 0 amide bonds. The van der Waals surface area contributed by atoms with Crippen LogP contribution in [-0.4, -0.2) is 12.0 Å². The molecule has 0 saturated heterocycles. The van der Waals surface area contributed by atoms with E-state index in [0.29, 0.717) is 6.42 Å². The Morgan fingerprint density at radius 3 is 2.67 bits per heavy atom. The van der Waals surface area contributed by atoms with Crippen LogP contribution in [0.4, 0.5) is 5.69 Å². The quantitative estimate of drug-likeness (QED) is 0.626. The van der Waals surface area contributed by atoms with Crippen molar-refractivity contribution >= 4 is 17.7 Å². The summed E-state index contributed by atoms with van der Waals surface area (Å²) in [7, 11) is 0. The summed E-state index contributed by atoms with van der Waals surface area (Å²) < 4.78 is 0. The molecule has 0 aliphatic carbocycles. The van der Waals surface area contributed by atoms with Gasteiger partial charge in [-0.1, -0.05) is 18.2 Å². The number of para-hydroxylation sites is 1. The molecular weight excluding hydrogens is 150 g/mol. The summed E-state index contributed by atoms with van der Waals surface area (Å²) in [5.41, 5.74) is 0.888. The third kappa shape index (κ3) is 3.10. The molecule has 0 radical (unpaired) electrons. The van der Waals surface area contributed by atoms with Crippen molar-refractivity contribution < 1.29 is 4.79 Å². The lowest BCUT2D eigenvalue weighted by molar-refractivity contribution is -0.115. The van der Waals surface area contributed by atoms with Crippen molar-refractivity contribution in [2.75, 3.05) is 0 Å². The summed E-state index contributed by atoms with van der Waals surface area (Å²) in [6, 6.07) is 9.57. The molecule has 1 rings (SSSR count). The van der Waals surface area contributed by atoms with Gasteiger partial charge in [-0.2, -0.15) is 0 Å². The Morgan fingerprint density at radius 1 is 1.42 bits per heavy atom. The molecule has 0 atom stereocenters. The maximum atomic E-state index is 10.5. The Labute approximate surface area is 71.9 Å². The molecule has 2 nitrogen and oxygen atoms in total. The van der Waals surface area contributed by atoms with E-state index in [1.54, 1.807) is 13.1 Å². The van der Waals surface area contributed by atoms with Gasteiger partial charge in [-0.15, -0.1) is 0 Å². The fourth-order valence-electron chi connectivity index (χ4n) is 0.794. The summed E-state index contributed by atoms with van der Waals surface area (Å²) in [6.07, 6.45) is 2.05. The molecule has 62 valence electrons. The van der Waals surface area contributed by atoms with E-state index in [2.05, 4.69) is 4.99 Å². The van der Waals surface area contributed by atoms with E-state index >= 15 is 0 Å². The molecule has 0 unspecified atom stereocenters. The van der Waals surface area contributed by atoms with Gasteiger partial charge in [0.15, 0.2) is 0 Å². The molecule has 0 aliphatic heterocycles. The lowest BCUT2D eigenvalue weighted by atomic mass is 10.3. The number of benzene rings is 1. The summed E-state index contributed by atoms with van der Waals surface area (Å²) in [4.78, 5) is 14.6. The lowest BCUT2D eigenvalue weighted by Gasteiger charge is -1.89. The Bertz CT molecular complexity index is 277. The summed E-state index contributed by atoms with van der Waals surface area (Å²) in [5, 5.41) is 0. The highest BCUT2D eigenvalue weighted by atomic mass is 16.1. The molecule has 0 spiro atoms. The van der Waals surface area contributed by atoms with Crippen LogP contribution < -0.4 is 0 Å². The van der Waals surface area contributed by atoms with Crippen molar-refractivity contribution in [3.63, 3.8) is 0 Å². The van der Waals surface area contributed by atoms with Crippen LogP contribution in [0.5, 0.6) is 0 Å². The normalized spacial score (nSPS) is 10.4. The first kappa shape index (κ1) is 8.65. The SMILES string of the molecule is CC(=O)CC=Nc1ccccc1. The number of nitrogens with zero attached hydrogens (tertiary/aromatic N) is 1. The Balaban J connectivity index is 2.52. The zero-order valence-corrected chi connectivity index (χ0v) is 7.03. The first-order valence-electron chi connectivity index (χ1n) is 3.86. The van der Waals surface area contributed by atoms with Gasteiger partial charge >= 0.3 is 0 Å². The fraction of sp³-hybridized carbons (Fsp3) is 0.200. The molecular formula is C10H11NO. The zero-order chi connectivity index (χ0) is 8.81. The zero-order valence-electron chi connectivity index (χ0n) is 7.03. The second-order valence-corrected chi connectivity index (χ2v) is 2.55. The smallest absolute Gasteiger partial charge is 0.135 e. The van der Waals surface area contributed by atoms with Crippen LogP contribution in [0, 0.1) is 0 Å². The first-order chi connectivity index (χ1) is 5.79. The number of rotatable bonds is 3. The molecule has 0 heterocycles. The van der Waals surface area contributed by atoms with E-state index < -0.39 is 0 Å². The standard InChI is InChI=1S/C10H11NO/c1-9(12)7-8-11-10-5-3-2-4-6-10/h2-6,8H,7H2,1H3. The van der Waals surface area contributed by atoms with Gasteiger partial charge in [0.25, 0.3) is 0 Å². The molecule has 0 aromatic heterocycles. The summed E-state index contributed by atoms with van der Waals surface area (Å²) >= 11 is 0. The van der Waals surface area contributed by atoms with Crippen molar-refractivity contribution in [1.29, 1.82) is 0 Å². The van der Waals surface area contributed by atoms with Gasteiger partial charge in [-0.25, -0.2) is 0 Å². The van der Waals surface area contributed by atoms with Crippen LogP contribution in [-0.2, 0) is 4.79 Å². The van der Waals surface area contributed by atoms with Crippen LogP contribution in [0.25, 0.3) is 0 Å². The highest BCUT2D eigenvalue weighted by molar-refractivity contribution is 5.90. The fourth-order valence-corrected chi connectivity index (χ4v) is 0.794. The topological polar surface area (TPSA) is 29.4 Å². The van der Waals surface area contributed by atoms with Gasteiger partial charge in [0.2, 0.25) is 0 Å². The Hall–Kier alpha value is -1.44. The number of hydrogen-bond acceptors (Lipinski definition) is 2. The van der Waals surface area contributed by atoms with E-state index in [-0.39, 0.29) is 5.78 Å². The minimum atomic E-state index is 0.134. The molecule has 2 heteroatoms. The van der Waals surface area contributed by atoms with E-state index in [0.717, 1.165) is 5.69 Å². The highest BCUT2D eigenvalue weighted by Gasteiger charge is 1.87. The van der Waals surface area contributed by atoms with Gasteiger partial charge < -0.3 is 0 Å². The molecule has 0 fully saturated rings. The van der Waals surface area contributed by atoms with E-state index in [4.69, 9.17) is 0 Å². The number of ketones is 1. The van der Waals surface area contributed by atoms with Gasteiger partial charge in [0, 0.05) is 12.6 Å². The van der Waals surface area contributed by atoms with Crippen molar-refractivity contribution in [1.82, 2.24) is 0 Å². The molecule has 1 aromatic rings. The summed E-state index contributed by atoms with van der Waals surface area (Å²) in [6.45, 7) is 1.55. The molecule has 12 heavy (non-hydrogen) atoms. The minimum absolute atomic E-state index is 0.134. The Kier molecular flexibility index (Phi) is 3.20. The molecule has 0 N–H and O–H groups in total. The monoisotopic (exact) mass is 161 g/mol. The second-order valence-electron chi connectivity index (χ2n) is 2.55. The number of Topliss-reactive ketones (excluding diaryl/α,β-unsaturated/α-hetero) is 1. The average Bonchev–Trinajstić information content (AvgIpc) is 2.05. The van der Waals surface area contributed by atoms with Gasteiger partial charge in [0.05, 0.1) is 5.69 Å². The van der Waals surface area contributed by atoms with Crippen LogP contribution in [0.1, 0.15) is 13.3 Å². The molecule has 0 saturated carbocycles. The van der Waals surface area contributed by atoms with Gasteiger partial charge in [-0.05, 0) is 19.1 Å². The average molecular weight is 161 g/mol. The van der Waals surface area contributed by atoms with Gasteiger partial charge in [0.1, 0.15) is 5.78 Å². The molecule has 1 aromatic carbocycles. The third-order valence-corrected chi connectivity index (χ3v) is 1.38. The van der Waals surface area contributed by atoms with Crippen LogP contribution >= 0.6 is 0 Å². The minimum Gasteiger partial charge on any atom is -0.300 e. The van der Waals surface area contributed by atoms with Gasteiger partial charge in [-0.3, -0.25) is 9.79 Å². The molecule has 0 bridgehead atoms. The number of hydrogen-bond donors (Lipinski definition) is 0. The lowest BCUT2D eigenvalue weighted by Crippen LogP contribution is -1.88. The summed E-state index contributed by atoms with van der Waals surface area (Å²) in [5.74, 6) is 0.134. The second kappa shape index (κ2) is 4.44. The molecule has 0 aliphatic rings. The van der Waals surface area contributed by atoms with Crippen molar-refractivity contribution in [2.45, 2.75) is 13.3 Å². The van der Waals surface area contributed by atoms with E-state index in [1.807, 2.05) is 30.3 Å². The van der Waals surface area contributed by atoms with Crippen LogP contribution in [0.2, 0.25) is 0 Å². The van der Waals surface area contributed by atoms with Crippen molar-refractivity contribution in [3.8, 4) is 0 Å². The maximum Gasteiger partial charge on any atom is 0.135 e. The van der Waals surface area contributed by atoms with Crippen LogP contribution in [0.15, 0.2) is 35.3 Å². The first-order valence-corrected chi connectivity index (χ1v) is 3.86. The van der Waals surface area contributed by atoms with Crippen molar-refractivity contribution in [2.24, 2.45) is 4.99 Å². The predicted octanol–water partition coefficient (Wildman–Crippen LogP) is 2.37. The largest absolute Gasteiger partial charge is 0.300 e. The maximum absolute atomic E-state index is 10.5. The Morgan fingerprint density at radius 2 is 2.08 bits per heavy atom. The highest BCUT2D eigenvalue weighted by Crippen LogP contribution is 2.08.